The molecule has 1 N–H and O–H groups in total. The zero-order valence-corrected chi connectivity index (χ0v) is 27.4. The van der Waals surface area contributed by atoms with Crippen molar-refractivity contribution in [2.24, 2.45) is 5.92 Å². The highest BCUT2D eigenvalue weighted by molar-refractivity contribution is 6.37. The van der Waals surface area contributed by atoms with Crippen LogP contribution in [0.1, 0.15) is 54.0 Å². The average molecular weight is 662 g/mol. The Hall–Kier alpha value is -2.62. The Balaban J connectivity index is 1.21. The van der Waals surface area contributed by atoms with Crippen molar-refractivity contribution < 1.29 is 19.0 Å². The van der Waals surface area contributed by atoms with Gasteiger partial charge >= 0.3 is 0 Å². The molecular weight excluding hydrogens is 623 g/mol. The number of rotatable bonds is 14. The number of pyridine rings is 2. The molecule has 236 valence electrons. The number of aromatic nitrogens is 2. The Morgan fingerprint density at radius 1 is 0.977 bits per heavy atom. The summed E-state index contributed by atoms with van der Waals surface area (Å²) in [6.07, 6.45) is 8.09. The van der Waals surface area contributed by atoms with Crippen molar-refractivity contribution in [3.05, 3.63) is 80.2 Å². The molecule has 2 fully saturated rings. The summed E-state index contributed by atoms with van der Waals surface area (Å²) in [5.41, 5.74) is 3.90. The average Bonchev–Trinajstić information content (AvgIpc) is 3.86. The van der Waals surface area contributed by atoms with Crippen LogP contribution in [-0.4, -0.2) is 66.8 Å². The number of hydrogen-bond donors (Lipinski definition) is 1. The third-order valence-electron chi connectivity index (χ3n) is 8.09. The first-order chi connectivity index (χ1) is 21.3. The summed E-state index contributed by atoms with van der Waals surface area (Å²) >= 11 is 19.1. The maximum Gasteiger partial charge on any atom is 0.228 e. The molecule has 1 aliphatic heterocycles. The maximum atomic E-state index is 14.1. The second-order valence-corrected chi connectivity index (χ2v) is 12.7. The van der Waals surface area contributed by atoms with E-state index >= 15 is 0 Å². The Kier molecular flexibility index (Phi) is 11.6. The van der Waals surface area contributed by atoms with Gasteiger partial charge in [-0.1, -0.05) is 40.9 Å². The topological polar surface area (TPSA) is 85.8 Å². The number of nitrogens with one attached hydrogen (secondary N) is 1. The largest absolute Gasteiger partial charge is 0.487 e. The fourth-order valence-electron chi connectivity index (χ4n) is 5.68. The zero-order chi connectivity index (χ0) is 31.1. The minimum Gasteiger partial charge on any atom is -0.487 e. The first-order valence-electron chi connectivity index (χ1n) is 15.1. The normalized spacial score (nSPS) is 18.2. The van der Waals surface area contributed by atoms with Crippen molar-refractivity contribution in [1.29, 1.82) is 0 Å². The van der Waals surface area contributed by atoms with Gasteiger partial charge in [0.15, 0.2) is 5.75 Å². The van der Waals surface area contributed by atoms with Gasteiger partial charge in [-0.15, -0.1) is 0 Å². The van der Waals surface area contributed by atoms with E-state index < -0.39 is 0 Å². The van der Waals surface area contributed by atoms with E-state index in [1.165, 1.54) is 0 Å². The number of aryl methyl sites for hydroxylation is 2. The molecule has 1 aromatic carbocycles. The molecule has 0 bridgehead atoms. The summed E-state index contributed by atoms with van der Waals surface area (Å²) in [5.74, 6) is 0.949. The number of hydrogen-bond acceptors (Lipinski definition) is 7. The van der Waals surface area contributed by atoms with Crippen LogP contribution in [-0.2, 0) is 22.5 Å². The molecule has 11 heteroatoms. The third kappa shape index (κ3) is 8.55. The van der Waals surface area contributed by atoms with Gasteiger partial charge in [0, 0.05) is 57.0 Å². The molecule has 3 heterocycles. The van der Waals surface area contributed by atoms with Crippen LogP contribution in [0.3, 0.4) is 0 Å². The van der Waals surface area contributed by atoms with E-state index in [0.29, 0.717) is 46.4 Å². The van der Waals surface area contributed by atoms with Crippen molar-refractivity contribution in [2.45, 2.75) is 57.5 Å². The number of nitrogens with zero attached hydrogens (tertiary/aromatic N) is 3. The first kappa shape index (κ1) is 32.8. The van der Waals surface area contributed by atoms with Crippen LogP contribution in [0.15, 0.2) is 42.7 Å². The van der Waals surface area contributed by atoms with E-state index in [-0.39, 0.29) is 37.0 Å². The highest BCUT2D eigenvalue weighted by Gasteiger charge is 2.40. The molecule has 2 atom stereocenters. The minimum absolute atomic E-state index is 0.0539. The molecule has 3 aromatic rings. The Labute approximate surface area is 274 Å². The number of methoxy groups -OCH3 is 1. The van der Waals surface area contributed by atoms with Gasteiger partial charge in [0.25, 0.3) is 0 Å². The Morgan fingerprint density at radius 3 is 2.45 bits per heavy atom. The molecule has 8 nitrogen and oxygen atoms in total. The van der Waals surface area contributed by atoms with Crippen LogP contribution >= 0.6 is 34.8 Å². The molecular formula is C33H39Cl3N4O4. The van der Waals surface area contributed by atoms with Gasteiger partial charge in [-0.25, -0.2) is 4.98 Å². The van der Waals surface area contributed by atoms with Crippen LogP contribution in [0.4, 0.5) is 0 Å². The smallest absolute Gasteiger partial charge is 0.228 e. The molecule has 44 heavy (non-hydrogen) atoms. The lowest BCUT2D eigenvalue weighted by Gasteiger charge is -2.35. The van der Waals surface area contributed by atoms with Gasteiger partial charge in [-0.2, -0.15) is 0 Å². The molecule has 1 aliphatic carbocycles. The second-order valence-electron chi connectivity index (χ2n) is 11.5. The lowest BCUT2D eigenvalue weighted by Crippen LogP contribution is -2.47. The Morgan fingerprint density at radius 2 is 1.75 bits per heavy atom. The minimum atomic E-state index is -0.197. The number of piperidine rings is 1. The monoisotopic (exact) mass is 660 g/mol. The van der Waals surface area contributed by atoms with Gasteiger partial charge in [0.2, 0.25) is 11.8 Å². The van der Waals surface area contributed by atoms with E-state index in [1.54, 1.807) is 13.3 Å². The van der Waals surface area contributed by atoms with E-state index in [0.717, 1.165) is 61.0 Å². The van der Waals surface area contributed by atoms with Crippen molar-refractivity contribution in [1.82, 2.24) is 20.2 Å². The highest BCUT2D eigenvalue weighted by atomic mass is 35.5. The molecule has 2 aromatic heterocycles. The predicted octanol–water partition coefficient (Wildman–Crippen LogP) is 6.67. The number of carbonyl (C=O) groups is 1. The fraction of sp³-hybridized carbons (Fsp3) is 0.485. The summed E-state index contributed by atoms with van der Waals surface area (Å²) in [5, 5.41) is 4.97. The summed E-state index contributed by atoms with van der Waals surface area (Å²) in [7, 11) is 1.70. The van der Waals surface area contributed by atoms with Crippen molar-refractivity contribution in [2.75, 3.05) is 40.0 Å². The van der Waals surface area contributed by atoms with Crippen LogP contribution in [0, 0.1) is 12.8 Å². The fourth-order valence-corrected chi connectivity index (χ4v) is 6.55. The van der Waals surface area contributed by atoms with E-state index in [2.05, 4.69) is 15.3 Å². The SMILES string of the molecule is COCCCc1cc(CN(C(=O)[C@H]2CNCC[C@@H]2c2ccc(OCCOc3c(Cl)cc(C)cc3Cl)nc2)C2CC2)c(Cl)cn1. The summed E-state index contributed by atoms with van der Waals surface area (Å²) in [4.78, 5) is 25.2. The van der Waals surface area contributed by atoms with Crippen LogP contribution in [0.25, 0.3) is 0 Å². The summed E-state index contributed by atoms with van der Waals surface area (Å²) < 4.78 is 16.7. The van der Waals surface area contributed by atoms with E-state index in [1.807, 2.05) is 48.4 Å². The quantitative estimate of drug-likeness (QED) is 0.193. The maximum absolute atomic E-state index is 14.1. The standard InChI is InChI=1S/C33H39Cl3N4O4/c1-21-14-28(34)32(29(35)15-21)44-13-12-43-31-8-5-22(17-39-31)26-9-10-37-18-27(26)33(41)40(25-6-7-25)20-23-16-24(4-3-11-42-2)38-19-30(23)36/h5,8,14-17,19,25-27,37H,3-4,6-7,9-13,18,20H2,1-2H3/t26-,27+/m1/s1. The molecule has 0 spiro atoms. The van der Waals surface area contributed by atoms with E-state index in [9.17, 15) is 4.79 Å². The van der Waals surface area contributed by atoms with Crippen molar-refractivity contribution in [3.63, 3.8) is 0 Å². The van der Waals surface area contributed by atoms with Crippen LogP contribution in [0.2, 0.25) is 15.1 Å². The van der Waals surface area contributed by atoms with Gasteiger partial charge in [-0.3, -0.25) is 9.78 Å². The molecule has 0 unspecified atom stereocenters. The molecule has 2 aliphatic rings. The summed E-state index contributed by atoms with van der Waals surface area (Å²) in [6, 6.07) is 9.76. The number of amides is 1. The predicted molar refractivity (Wildman–Crippen MR) is 173 cm³/mol. The zero-order valence-electron chi connectivity index (χ0n) is 25.2. The second kappa shape index (κ2) is 15.6. The molecule has 1 amide bonds. The van der Waals surface area contributed by atoms with Crippen LogP contribution in [0.5, 0.6) is 11.6 Å². The Bertz CT molecular complexity index is 1400. The van der Waals surface area contributed by atoms with Crippen molar-refractivity contribution >= 4 is 40.7 Å². The lowest BCUT2D eigenvalue weighted by molar-refractivity contribution is -0.138. The number of halogens is 3. The summed E-state index contributed by atoms with van der Waals surface area (Å²) in [6.45, 7) is 5.10. The highest BCUT2D eigenvalue weighted by Crippen LogP contribution is 2.37. The van der Waals surface area contributed by atoms with Gasteiger partial charge in [-0.05, 0) is 86.4 Å². The molecule has 1 saturated heterocycles. The molecule has 1 saturated carbocycles. The molecule has 5 rings (SSSR count). The number of benzene rings is 1. The third-order valence-corrected chi connectivity index (χ3v) is 8.99. The van der Waals surface area contributed by atoms with E-state index in [4.69, 9.17) is 49.0 Å². The first-order valence-corrected chi connectivity index (χ1v) is 16.3. The lowest BCUT2D eigenvalue weighted by atomic mass is 9.81. The molecule has 0 radical (unpaired) electrons. The van der Waals surface area contributed by atoms with Gasteiger partial charge in [0.1, 0.15) is 13.2 Å². The van der Waals surface area contributed by atoms with Crippen molar-refractivity contribution in [3.8, 4) is 11.6 Å². The number of carbonyl (C=O) groups excluding carboxylic acids is 1. The number of ether oxygens (including phenoxy) is 3. The van der Waals surface area contributed by atoms with Gasteiger partial charge < -0.3 is 24.4 Å². The van der Waals surface area contributed by atoms with Crippen LogP contribution < -0.4 is 14.8 Å². The van der Waals surface area contributed by atoms with Gasteiger partial charge in [0.05, 0.1) is 21.0 Å².